The molecular formula is C32H38F2N2O3. The molecule has 3 aliphatic heterocycles. The van der Waals surface area contributed by atoms with Crippen molar-refractivity contribution < 1.29 is 23.0 Å². The zero-order valence-corrected chi connectivity index (χ0v) is 22.7. The van der Waals surface area contributed by atoms with Gasteiger partial charge in [-0.15, -0.1) is 0 Å². The maximum absolute atomic E-state index is 13.7. The van der Waals surface area contributed by atoms with Crippen LogP contribution in [0.5, 0.6) is 0 Å². The van der Waals surface area contributed by atoms with Crippen LogP contribution in [-0.4, -0.2) is 66.8 Å². The first-order valence-electron chi connectivity index (χ1n) is 14.7. The molecule has 2 aromatic carbocycles. The van der Waals surface area contributed by atoms with Crippen LogP contribution in [-0.2, 0) is 14.3 Å². The Kier molecular flexibility index (Phi) is 6.33. The van der Waals surface area contributed by atoms with Gasteiger partial charge in [0.2, 0.25) is 0 Å². The molecular weight excluding hydrogens is 498 g/mol. The van der Waals surface area contributed by atoms with Crippen molar-refractivity contribution in [3.05, 3.63) is 71.3 Å². The smallest absolute Gasteiger partial charge is 0.310 e. The van der Waals surface area contributed by atoms with E-state index in [9.17, 15) is 13.6 Å². The average Bonchev–Trinajstić information content (AvgIpc) is 3.63. The summed E-state index contributed by atoms with van der Waals surface area (Å²) in [5.41, 5.74) is 2.27. The van der Waals surface area contributed by atoms with Gasteiger partial charge in [-0.3, -0.25) is 14.6 Å². The van der Waals surface area contributed by atoms with E-state index in [1.807, 2.05) is 24.3 Å². The summed E-state index contributed by atoms with van der Waals surface area (Å²) in [5, 5.41) is 0. The van der Waals surface area contributed by atoms with E-state index in [0.717, 1.165) is 69.7 Å². The lowest BCUT2D eigenvalue weighted by molar-refractivity contribution is -0.147. The van der Waals surface area contributed by atoms with Gasteiger partial charge < -0.3 is 9.47 Å². The first-order chi connectivity index (χ1) is 18.8. The number of benzene rings is 2. The van der Waals surface area contributed by atoms with Gasteiger partial charge in [-0.1, -0.05) is 31.2 Å². The molecule has 2 saturated carbocycles. The van der Waals surface area contributed by atoms with E-state index in [1.54, 1.807) is 0 Å². The van der Waals surface area contributed by atoms with Crippen molar-refractivity contribution in [3.8, 4) is 0 Å². The minimum atomic E-state index is -0.265. The summed E-state index contributed by atoms with van der Waals surface area (Å²) in [6, 6.07) is 13.2. The molecule has 208 valence electrons. The molecule has 0 aromatic heterocycles. The first kappa shape index (κ1) is 25.6. The molecule has 1 spiro atoms. The monoisotopic (exact) mass is 536 g/mol. The van der Waals surface area contributed by atoms with Crippen LogP contribution in [0.3, 0.4) is 0 Å². The maximum atomic E-state index is 13.7. The van der Waals surface area contributed by atoms with Crippen LogP contribution in [0.4, 0.5) is 8.78 Å². The second kappa shape index (κ2) is 9.64. The predicted molar refractivity (Wildman–Crippen MR) is 143 cm³/mol. The number of epoxide rings is 1. The fraction of sp³-hybridized carbons (Fsp3) is 0.594. The molecule has 3 heterocycles. The zero-order valence-electron chi connectivity index (χ0n) is 22.7. The maximum Gasteiger partial charge on any atom is 0.310 e. The van der Waals surface area contributed by atoms with Crippen molar-refractivity contribution in [2.45, 2.75) is 56.8 Å². The standard InChI is InChI=1S/C32H38F2N2O3/c1-31-11-2-12-32(20-38-32)28(31)17-25-26(30(37)39-27(25)18-31)19-35-13-15-36(16-14-35)29(21-3-7-23(33)8-4-21)22-5-9-24(34)10-6-22/h3-10,25-29H,2,11-20H2,1H3/t25-,26-,27+,28+,31+,32+/m0/s1. The van der Waals surface area contributed by atoms with Crippen LogP contribution >= 0.6 is 0 Å². The average molecular weight is 537 g/mol. The molecule has 6 atom stereocenters. The number of hydrogen-bond acceptors (Lipinski definition) is 5. The fourth-order valence-electron chi connectivity index (χ4n) is 8.55. The summed E-state index contributed by atoms with van der Waals surface area (Å²) in [6.45, 7) is 7.33. The van der Waals surface area contributed by atoms with Gasteiger partial charge in [0, 0.05) is 38.6 Å². The van der Waals surface area contributed by atoms with Crippen molar-refractivity contribution in [3.63, 3.8) is 0 Å². The molecule has 7 heteroatoms. The number of nitrogens with zero attached hydrogens (tertiary/aromatic N) is 2. The third-order valence-corrected chi connectivity index (χ3v) is 10.7. The lowest BCUT2D eigenvalue weighted by atomic mass is 9.53. The highest BCUT2D eigenvalue weighted by molar-refractivity contribution is 5.75. The number of hydrogen-bond donors (Lipinski definition) is 0. The summed E-state index contributed by atoms with van der Waals surface area (Å²) in [5.74, 6) is 0.182. The largest absolute Gasteiger partial charge is 0.462 e. The minimum Gasteiger partial charge on any atom is -0.462 e. The van der Waals surface area contributed by atoms with Crippen LogP contribution in [0.25, 0.3) is 0 Å². The first-order valence-corrected chi connectivity index (χ1v) is 14.7. The van der Waals surface area contributed by atoms with Gasteiger partial charge in [-0.05, 0) is 78.8 Å². The Morgan fingerprint density at radius 3 is 2.15 bits per heavy atom. The van der Waals surface area contributed by atoms with E-state index < -0.39 is 0 Å². The Bertz CT molecular complexity index is 1160. The number of piperazine rings is 1. The van der Waals surface area contributed by atoms with E-state index in [4.69, 9.17) is 9.47 Å². The van der Waals surface area contributed by atoms with E-state index in [1.165, 1.54) is 37.1 Å². The molecule has 7 rings (SSSR count). The van der Waals surface area contributed by atoms with Crippen LogP contribution < -0.4 is 0 Å². The molecule has 5 aliphatic rings. The van der Waals surface area contributed by atoms with Crippen molar-refractivity contribution >= 4 is 5.97 Å². The summed E-state index contributed by atoms with van der Waals surface area (Å²) in [7, 11) is 0. The van der Waals surface area contributed by atoms with Crippen LogP contribution in [0, 0.1) is 34.8 Å². The number of halogens is 2. The van der Waals surface area contributed by atoms with Gasteiger partial charge in [0.05, 0.1) is 24.2 Å². The molecule has 2 aliphatic carbocycles. The predicted octanol–water partition coefficient (Wildman–Crippen LogP) is 5.20. The SMILES string of the molecule is C[C@]12CCC[C@@]3(CO3)[C@@H]1C[C@H]1[C@H](CN3CCN(C(c4ccc(F)cc4)c4ccc(F)cc4)CC3)C(=O)O[C@@H]1C2. The summed E-state index contributed by atoms with van der Waals surface area (Å²) >= 11 is 0. The lowest BCUT2D eigenvalue weighted by Crippen LogP contribution is -2.52. The number of carbonyl (C=O) groups excluding carboxylic acids is 1. The van der Waals surface area contributed by atoms with Crippen molar-refractivity contribution in [2.24, 2.45) is 23.2 Å². The fourth-order valence-corrected chi connectivity index (χ4v) is 8.55. The second-order valence-corrected chi connectivity index (χ2v) is 12.9. The zero-order chi connectivity index (χ0) is 26.8. The molecule has 2 aromatic rings. The highest BCUT2D eigenvalue weighted by Gasteiger charge is 2.65. The topological polar surface area (TPSA) is 45.3 Å². The van der Waals surface area contributed by atoms with Gasteiger partial charge >= 0.3 is 5.97 Å². The summed E-state index contributed by atoms with van der Waals surface area (Å²) in [4.78, 5) is 17.9. The Labute approximate surface area is 229 Å². The third-order valence-electron chi connectivity index (χ3n) is 10.7. The number of ether oxygens (including phenoxy) is 2. The molecule has 0 N–H and O–H groups in total. The number of carbonyl (C=O) groups is 1. The molecule has 5 fully saturated rings. The number of esters is 1. The Balaban J connectivity index is 1.04. The highest BCUT2D eigenvalue weighted by Crippen LogP contribution is 2.62. The molecule has 0 amide bonds. The van der Waals surface area contributed by atoms with E-state index in [2.05, 4.69) is 16.7 Å². The van der Waals surface area contributed by atoms with Gasteiger partial charge in [0.25, 0.3) is 0 Å². The second-order valence-electron chi connectivity index (χ2n) is 12.9. The quantitative estimate of drug-likeness (QED) is 0.388. The van der Waals surface area contributed by atoms with Crippen molar-refractivity contribution in [1.82, 2.24) is 9.80 Å². The van der Waals surface area contributed by atoms with Crippen LogP contribution in [0.2, 0.25) is 0 Å². The minimum absolute atomic E-state index is 0.0176. The van der Waals surface area contributed by atoms with Gasteiger partial charge in [0.15, 0.2) is 0 Å². The van der Waals surface area contributed by atoms with E-state index in [-0.39, 0.29) is 52.6 Å². The molecule has 39 heavy (non-hydrogen) atoms. The Morgan fingerprint density at radius 2 is 1.56 bits per heavy atom. The number of rotatable bonds is 5. The highest BCUT2D eigenvalue weighted by atomic mass is 19.1. The summed E-state index contributed by atoms with van der Waals surface area (Å²) in [6.07, 6.45) is 5.63. The normalized spacial score (nSPS) is 36.6. The molecule has 0 radical (unpaired) electrons. The van der Waals surface area contributed by atoms with E-state index >= 15 is 0 Å². The molecule has 3 saturated heterocycles. The third kappa shape index (κ3) is 4.60. The molecule has 0 unspecified atom stereocenters. The molecule has 0 bridgehead atoms. The van der Waals surface area contributed by atoms with Crippen LogP contribution in [0.1, 0.15) is 56.2 Å². The Hall–Kier alpha value is -2.35. The van der Waals surface area contributed by atoms with Crippen molar-refractivity contribution in [1.29, 1.82) is 0 Å². The van der Waals surface area contributed by atoms with Gasteiger partial charge in [0.1, 0.15) is 17.7 Å². The lowest BCUT2D eigenvalue weighted by Gasteiger charge is -2.51. The van der Waals surface area contributed by atoms with E-state index in [0.29, 0.717) is 5.92 Å². The van der Waals surface area contributed by atoms with Gasteiger partial charge in [-0.25, -0.2) is 8.78 Å². The van der Waals surface area contributed by atoms with Crippen molar-refractivity contribution in [2.75, 3.05) is 39.3 Å². The number of fused-ring (bicyclic) bond motifs is 3. The van der Waals surface area contributed by atoms with Gasteiger partial charge in [-0.2, -0.15) is 0 Å². The summed E-state index contributed by atoms with van der Waals surface area (Å²) < 4.78 is 39.5. The Morgan fingerprint density at radius 1 is 0.949 bits per heavy atom. The molecule has 5 nitrogen and oxygen atoms in total. The van der Waals surface area contributed by atoms with Crippen LogP contribution in [0.15, 0.2) is 48.5 Å².